The molecule has 0 radical (unpaired) electrons. The van der Waals surface area contributed by atoms with E-state index in [9.17, 15) is 4.39 Å². The van der Waals surface area contributed by atoms with Crippen molar-refractivity contribution in [3.63, 3.8) is 0 Å². The molecule has 28 heavy (non-hydrogen) atoms. The number of aromatic nitrogens is 2. The SMILES string of the molecule is CC1(C)CCc2nc3ncc(C=C(F)B4OC(C)(C)C(C)(C)O4)cc3cc2C1. The van der Waals surface area contributed by atoms with Crippen molar-refractivity contribution in [1.82, 2.24) is 9.97 Å². The van der Waals surface area contributed by atoms with Crippen molar-refractivity contribution in [2.45, 2.75) is 72.0 Å². The summed E-state index contributed by atoms with van der Waals surface area (Å²) in [5.74, 6) is 0. The molecule has 1 saturated heterocycles. The predicted octanol–water partition coefficient (Wildman–Crippen LogP) is 5.09. The Bertz CT molecular complexity index is 952. The molecular formula is C22H28BFN2O2. The van der Waals surface area contributed by atoms with Gasteiger partial charge in [-0.3, -0.25) is 0 Å². The van der Waals surface area contributed by atoms with Crippen LogP contribution >= 0.6 is 0 Å². The third-order valence-electron chi connectivity index (χ3n) is 6.35. The van der Waals surface area contributed by atoms with Crippen LogP contribution in [0.1, 0.15) is 64.8 Å². The molecule has 0 atom stereocenters. The first-order valence-corrected chi connectivity index (χ1v) is 9.97. The van der Waals surface area contributed by atoms with E-state index in [4.69, 9.17) is 14.3 Å². The van der Waals surface area contributed by atoms with Gasteiger partial charge in [0.1, 0.15) is 5.73 Å². The number of hydrogen-bond acceptors (Lipinski definition) is 4. The number of fused-ring (bicyclic) bond motifs is 2. The zero-order valence-corrected chi connectivity index (χ0v) is 17.6. The molecule has 0 N–H and O–H groups in total. The normalized spacial score (nSPS) is 23.1. The monoisotopic (exact) mass is 382 g/mol. The number of aryl methyl sites for hydroxylation is 1. The van der Waals surface area contributed by atoms with Crippen molar-refractivity contribution in [3.05, 3.63) is 40.9 Å². The van der Waals surface area contributed by atoms with Crippen LogP contribution in [-0.4, -0.2) is 28.3 Å². The van der Waals surface area contributed by atoms with Crippen LogP contribution in [0.3, 0.4) is 0 Å². The first-order chi connectivity index (χ1) is 13.0. The van der Waals surface area contributed by atoms with Crippen molar-refractivity contribution in [2.75, 3.05) is 0 Å². The zero-order chi connectivity index (χ0) is 20.3. The smallest absolute Gasteiger partial charge is 0.398 e. The fraction of sp³-hybridized carbons (Fsp3) is 0.545. The molecule has 1 fully saturated rings. The van der Waals surface area contributed by atoms with Gasteiger partial charge in [-0.1, -0.05) is 13.8 Å². The van der Waals surface area contributed by atoms with E-state index in [2.05, 4.69) is 24.9 Å². The minimum absolute atomic E-state index is 0.288. The Hall–Kier alpha value is -1.79. The molecule has 148 valence electrons. The number of hydrogen-bond donors (Lipinski definition) is 0. The number of pyridine rings is 2. The summed E-state index contributed by atoms with van der Waals surface area (Å²) in [6.07, 6.45) is 6.22. The quantitative estimate of drug-likeness (QED) is 0.679. The molecule has 2 aromatic rings. The Morgan fingerprint density at radius 3 is 2.46 bits per heavy atom. The molecule has 2 aromatic heterocycles. The molecule has 4 rings (SSSR count). The van der Waals surface area contributed by atoms with Crippen LogP contribution in [0.2, 0.25) is 0 Å². The van der Waals surface area contributed by atoms with Crippen molar-refractivity contribution >= 4 is 24.2 Å². The predicted molar refractivity (Wildman–Crippen MR) is 111 cm³/mol. The van der Waals surface area contributed by atoms with E-state index in [1.54, 1.807) is 6.20 Å². The van der Waals surface area contributed by atoms with E-state index in [1.165, 1.54) is 11.6 Å². The topological polar surface area (TPSA) is 44.2 Å². The second-order valence-electron chi connectivity index (χ2n) is 9.87. The summed E-state index contributed by atoms with van der Waals surface area (Å²) in [7, 11) is -0.997. The van der Waals surface area contributed by atoms with Crippen LogP contribution in [0, 0.1) is 5.41 Å². The van der Waals surface area contributed by atoms with E-state index >= 15 is 0 Å². The van der Waals surface area contributed by atoms with Crippen molar-refractivity contribution in [2.24, 2.45) is 5.41 Å². The average Bonchev–Trinajstić information content (AvgIpc) is 2.80. The van der Waals surface area contributed by atoms with E-state index in [-0.39, 0.29) is 5.41 Å². The summed E-state index contributed by atoms with van der Waals surface area (Å²) in [5.41, 5.74) is 2.51. The van der Waals surface area contributed by atoms with Gasteiger partial charge in [0, 0.05) is 17.3 Å². The van der Waals surface area contributed by atoms with Crippen LogP contribution in [-0.2, 0) is 22.2 Å². The van der Waals surface area contributed by atoms with Gasteiger partial charge in [0.05, 0.1) is 11.2 Å². The van der Waals surface area contributed by atoms with Gasteiger partial charge in [0.2, 0.25) is 0 Å². The second kappa shape index (κ2) is 6.36. The van der Waals surface area contributed by atoms with Gasteiger partial charge >= 0.3 is 7.12 Å². The Labute approximate surface area is 166 Å². The summed E-state index contributed by atoms with van der Waals surface area (Å²) in [5, 5.41) is 0.937. The molecule has 2 aliphatic rings. The van der Waals surface area contributed by atoms with Gasteiger partial charge < -0.3 is 9.31 Å². The van der Waals surface area contributed by atoms with Crippen molar-refractivity contribution in [1.29, 1.82) is 0 Å². The van der Waals surface area contributed by atoms with Crippen LogP contribution in [0.5, 0.6) is 0 Å². The van der Waals surface area contributed by atoms with E-state index in [0.717, 1.165) is 30.3 Å². The fourth-order valence-corrected chi connectivity index (χ4v) is 3.85. The maximum Gasteiger partial charge on any atom is 0.525 e. The summed E-state index contributed by atoms with van der Waals surface area (Å²) in [4.78, 5) is 9.20. The fourth-order valence-electron chi connectivity index (χ4n) is 3.85. The number of nitrogens with zero attached hydrogens (tertiary/aromatic N) is 2. The minimum atomic E-state index is -0.997. The maximum absolute atomic E-state index is 14.8. The molecule has 0 spiro atoms. The Morgan fingerprint density at radius 2 is 1.79 bits per heavy atom. The molecule has 0 unspecified atom stereocenters. The van der Waals surface area contributed by atoms with Gasteiger partial charge in [0.25, 0.3) is 0 Å². The molecule has 6 heteroatoms. The Balaban J connectivity index is 1.64. The Kier molecular flexibility index (Phi) is 4.44. The molecule has 1 aliphatic carbocycles. The molecule has 3 heterocycles. The molecular weight excluding hydrogens is 354 g/mol. The van der Waals surface area contributed by atoms with Gasteiger partial charge in [-0.15, -0.1) is 0 Å². The summed E-state index contributed by atoms with van der Waals surface area (Å²) >= 11 is 0. The van der Waals surface area contributed by atoms with Gasteiger partial charge in [-0.05, 0) is 81.7 Å². The molecule has 0 bridgehead atoms. The third kappa shape index (κ3) is 3.48. The van der Waals surface area contributed by atoms with Gasteiger partial charge in [-0.2, -0.15) is 0 Å². The maximum atomic E-state index is 14.8. The highest BCUT2D eigenvalue weighted by Crippen LogP contribution is 2.39. The molecule has 0 aromatic carbocycles. The van der Waals surface area contributed by atoms with Crippen LogP contribution in [0.25, 0.3) is 17.1 Å². The van der Waals surface area contributed by atoms with Crippen LogP contribution < -0.4 is 0 Å². The largest absolute Gasteiger partial charge is 0.525 e. The average molecular weight is 382 g/mol. The lowest BCUT2D eigenvalue weighted by molar-refractivity contribution is 0.00578. The highest BCUT2D eigenvalue weighted by molar-refractivity contribution is 6.54. The lowest BCUT2D eigenvalue weighted by Gasteiger charge is -2.32. The second-order valence-corrected chi connectivity index (χ2v) is 9.87. The Morgan fingerprint density at radius 1 is 1.11 bits per heavy atom. The summed E-state index contributed by atoms with van der Waals surface area (Å²) in [6.45, 7) is 12.2. The van der Waals surface area contributed by atoms with E-state index < -0.39 is 24.0 Å². The highest BCUT2D eigenvalue weighted by Gasteiger charge is 2.53. The van der Waals surface area contributed by atoms with Crippen molar-refractivity contribution < 1.29 is 13.7 Å². The zero-order valence-electron chi connectivity index (χ0n) is 17.6. The number of rotatable bonds is 2. The van der Waals surface area contributed by atoms with E-state index in [0.29, 0.717) is 11.2 Å². The lowest BCUT2D eigenvalue weighted by Crippen LogP contribution is -2.41. The lowest BCUT2D eigenvalue weighted by atomic mass is 9.76. The first kappa shape index (κ1) is 19.5. The third-order valence-corrected chi connectivity index (χ3v) is 6.35. The molecule has 0 saturated carbocycles. The number of halogens is 1. The van der Waals surface area contributed by atoms with Crippen molar-refractivity contribution in [3.8, 4) is 0 Å². The minimum Gasteiger partial charge on any atom is -0.398 e. The first-order valence-electron chi connectivity index (χ1n) is 9.97. The summed E-state index contributed by atoms with van der Waals surface area (Å²) < 4.78 is 26.4. The standard InChI is InChI=1S/C22H28BFN2O2/c1-20(2)8-7-17-16(12-20)11-15-9-14(13-25-19(15)26-17)10-18(24)23-27-21(3,4)22(5,6)28-23/h9-11,13H,7-8,12H2,1-6H3. The van der Waals surface area contributed by atoms with Crippen LogP contribution in [0.4, 0.5) is 4.39 Å². The molecule has 1 aliphatic heterocycles. The summed E-state index contributed by atoms with van der Waals surface area (Å²) in [6, 6.07) is 4.09. The van der Waals surface area contributed by atoms with Crippen LogP contribution in [0.15, 0.2) is 24.1 Å². The molecule has 0 amide bonds. The van der Waals surface area contributed by atoms with Gasteiger partial charge in [0.15, 0.2) is 5.65 Å². The van der Waals surface area contributed by atoms with E-state index in [1.807, 2.05) is 33.8 Å². The molecule has 4 nitrogen and oxygen atoms in total. The highest BCUT2D eigenvalue weighted by atomic mass is 19.1. The van der Waals surface area contributed by atoms with Gasteiger partial charge in [-0.25, -0.2) is 14.4 Å².